The fraction of sp³-hybridized carbons (Fsp3) is 0.353. The van der Waals surface area contributed by atoms with Gasteiger partial charge >= 0.3 is 5.69 Å². The highest BCUT2D eigenvalue weighted by molar-refractivity contribution is 5.52. The number of rotatable bonds is 5. The van der Waals surface area contributed by atoms with Crippen LogP contribution in [-0.2, 0) is 4.74 Å². The Morgan fingerprint density at radius 2 is 2.16 bits per heavy atom. The lowest BCUT2D eigenvalue weighted by molar-refractivity contribution is -0.0270. The van der Waals surface area contributed by atoms with Gasteiger partial charge in [-0.15, -0.1) is 0 Å². The molecule has 1 aliphatic rings. The summed E-state index contributed by atoms with van der Waals surface area (Å²) in [5, 5.41) is 9.50. The maximum Gasteiger partial charge on any atom is 0.330 e. The Bertz CT molecular complexity index is 859. The third-order valence-electron chi connectivity index (χ3n) is 4.02. The molecular formula is C17H19N3O5. The summed E-state index contributed by atoms with van der Waals surface area (Å²) in [6, 6.07) is 8.81. The molecule has 1 aliphatic heterocycles. The van der Waals surface area contributed by atoms with E-state index in [9.17, 15) is 14.7 Å². The second-order valence-electron chi connectivity index (χ2n) is 5.78. The minimum atomic E-state index is -0.612. The van der Waals surface area contributed by atoms with Gasteiger partial charge in [-0.1, -0.05) is 18.2 Å². The first-order valence-corrected chi connectivity index (χ1v) is 7.90. The molecule has 0 unspecified atom stereocenters. The lowest BCUT2D eigenvalue weighted by Crippen LogP contribution is -2.33. The van der Waals surface area contributed by atoms with Gasteiger partial charge in [-0.05, 0) is 19.1 Å². The van der Waals surface area contributed by atoms with Crippen LogP contribution in [0.3, 0.4) is 0 Å². The molecule has 3 rings (SSSR count). The summed E-state index contributed by atoms with van der Waals surface area (Å²) in [4.78, 5) is 30.0. The van der Waals surface area contributed by atoms with Crippen molar-refractivity contribution in [3.63, 3.8) is 0 Å². The van der Waals surface area contributed by atoms with Crippen LogP contribution in [0.4, 0.5) is 0 Å². The van der Waals surface area contributed by atoms with Crippen LogP contribution >= 0.6 is 0 Å². The number of ether oxygens (including phenoxy) is 2. The highest BCUT2D eigenvalue weighted by Gasteiger charge is 2.36. The molecule has 0 saturated carbocycles. The first-order chi connectivity index (χ1) is 12.1. The number of para-hydroxylation sites is 1. The summed E-state index contributed by atoms with van der Waals surface area (Å²) in [5.74, 6) is 0.648. The van der Waals surface area contributed by atoms with Crippen LogP contribution in [0, 0.1) is 6.92 Å². The van der Waals surface area contributed by atoms with Crippen molar-refractivity contribution >= 4 is 6.40 Å². The van der Waals surface area contributed by atoms with Crippen LogP contribution in [0.5, 0.6) is 5.75 Å². The molecule has 8 nitrogen and oxygen atoms in total. The van der Waals surface area contributed by atoms with E-state index in [2.05, 4.69) is 9.98 Å². The monoisotopic (exact) mass is 345 g/mol. The molecule has 2 heterocycles. The number of aliphatic hydroxyl groups is 1. The van der Waals surface area contributed by atoms with E-state index in [1.807, 2.05) is 18.2 Å². The van der Waals surface area contributed by atoms with Crippen LogP contribution < -0.4 is 16.0 Å². The van der Waals surface area contributed by atoms with E-state index in [0.29, 0.717) is 17.7 Å². The van der Waals surface area contributed by atoms with Crippen molar-refractivity contribution in [3.8, 4) is 5.75 Å². The van der Waals surface area contributed by atoms with E-state index in [4.69, 9.17) is 9.47 Å². The van der Waals surface area contributed by atoms with E-state index in [1.165, 1.54) is 17.2 Å². The van der Waals surface area contributed by atoms with Crippen LogP contribution in [0.25, 0.3) is 0 Å². The Morgan fingerprint density at radius 3 is 2.88 bits per heavy atom. The van der Waals surface area contributed by atoms with Crippen molar-refractivity contribution in [2.45, 2.75) is 31.7 Å². The summed E-state index contributed by atoms with van der Waals surface area (Å²) < 4.78 is 12.4. The van der Waals surface area contributed by atoms with Gasteiger partial charge in [-0.2, -0.15) is 0 Å². The van der Waals surface area contributed by atoms with Gasteiger partial charge in [0.15, 0.2) is 6.40 Å². The Labute approximate surface area is 143 Å². The number of aryl methyl sites for hydroxylation is 1. The van der Waals surface area contributed by atoms with Crippen molar-refractivity contribution in [1.29, 1.82) is 0 Å². The normalized spacial score (nSPS) is 23.2. The van der Waals surface area contributed by atoms with E-state index >= 15 is 0 Å². The van der Waals surface area contributed by atoms with Crippen molar-refractivity contribution in [2.24, 2.45) is 4.99 Å². The van der Waals surface area contributed by atoms with Crippen LogP contribution in [0.2, 0.25) is 0 Å². The summed E-state index contributed by atoms with van der Waals surface area (Å²) >= 11 is 0. The van der Waals surface area contributed by atoms with E-state index in [-0.39, 0.29) is 12.6 Å². The zero-order chi connectivity index (χ0) is 17.8. The number of nitrogens with zero attached hydrogens (tertiary/aromatic N) is 2. The van der Waals surface area contributed by atoms with E-state index < -0.39 is 23.6 Å². The van der Waals surface area contributed by atoms with Gasteiger partial charge in [-0.3, -0.25) is 19.3 Å². The number of nitrogens with one attached hydrogen (secondary N) is 1. The lowest BCUT2D eigenvalue weighted by Gasteiger charge is -2.14. The minimum Gasteiger partial charge on any atom is -0.446 e. The Balaban J connectivity index is 1.73. The van der Waals surface area contributed by atoms with E-state index in [1.54, 1.807) is 19.1 Å². The topological polar surface area (TPSA) is 106 Å². The highest BCUT2D eigenvalue weighted by Crippen LogP contribution is 2.29. The number of aliphatic hydroxyl groups excluding tert-OH is 1. The largest absolute Gasteiger partial charge is 0.446 e. The smallest absolute Gasteiger partial charge is 0.330 e. The fourth-order valence-electron chi connectivity index (χ4n) is 2.68. The van der Waals surface area contributed by atoms with Crippen LogP contribution in [-0.4, -0.2) is 39.8 Å². The molecule has 3 atom stereocenters. The quantitative estimate of drug-likeness (QED) is 0.610. The number of aromatic amines is 1. The molecule has 0 aliphatic carbocycles. The van der Waals surface area contributed by atoms with Gasteiger partial charge in [0.25, 0.3) is 5.56 Å². The van der Waals surface area contributed by atoms with E-state index in [0.717, 1.165) is 0 Å². The second-order valence-corrected chi connectivity index (χ2v) is 5.78. The SMILES string of the molecule is Cc1cn([C@H]2C[C@H](N=COc3ccccc3)[C@@H](CO)O2)c(=O)[nH]c1=O. The van der Waals surface area contributed by atoms with Gasteiger partial charge in [0.2, 0.25) is 0 Å². The molecule has 1 saturated heterocycles. The minimum absolute atomic E-state index is 0.235. The third kappa shape index (κ3) is 3.86. The van der Waals surface area contributed by atoms with Crippen LogP contribution in [0.1, 0.15) is 18.2 Å². The summed E-state index contributed by atoms with van der Waals surface area (Å²) in [6.07, 6.45) is 1.98. The molecule has 1 aromatic carbocycles. The zero-order valence-electron chi connectivity index (χ0n) is 13.7. The third-order valence-corrected chi connectivity index (χ3v) is 4.02. The number of aliphatic imine (C=N–C) groups is 1. The highest BCUT2D eigenvalue weighted by atomic mass is 16.5. The first kappa shape index (κ1) is 17.1. The summed E-state index contributed by atoms with van der Waals surface area (Å²) in [5.41, 5.74) is -0.575. The molecule has 2 N–H and O–H groups in total. The van der Waals surface area contributed by atoms with Crippen molar-refractivity contribution < 1.29 is 14.6 Å². The summed E-state index contributed by atoms with van der Waals surface area (Å²) in [7, 11) is 0. The molecule has 0 bridgehead atoms. The standard InChI is InChI=1S/C17H19N3O5/c1-11-8-20(17(23)19-16(11)22)15-7-13(14(9-21)25-15)18-10-24-12-5-3-2-4-6-12/h2-6,8,10,13-15,21H,7,9H2,1H3,(H,19,22,23)/t13-,14+,15+/m0/s1. The lowest BCUT2D eigenvalue weighted by atomic mass is 10.1. The summed E-state index contributed by atoms with van der Waals surface area (Å²) in [6.45, 7) is 1.37. The molecule has 2 aromatic rings. The molecule has 25 heavy (non-hydrogen) atoms. The number of benzene rings is 1. The van der Waals surface area contributed by atoms with Gasteiger partial charge < -0.3 is 14.6 Å². The van der Waals surface area contributed by atoms with Crippen LogP contribution in [0.15, 0.2) is 51.1 Å². The molecule has 0 amide bonds. The van der Waals surface area contributed by atoms with Gasteiger partial charge in [0.1, 0.15) is 18.1 Å². The number of hydrogen-bond donors (Lipinski definition) is 2. The maximum atomic E-state index is 12.0. The molecule has 0 spiro atoms. The van der Waals surface area contributed by atoms with Crippen molar-refractivity contribution in [3.05, 3.63) is 62.9 Å². The Morgan fingerprint density at radius 1 is 1.40 bits per heavy atom. The van der Waals surface area contributed by atoms with Crippen molar-refractivity contribution in [1.82, 2.24) is 9.55 Å². The fourth-order valence-corrected chi connectivity index (χ4v) is 2.68. The predicted octanol–water partition coefficient (Wildman–Crippen LogP) is 0.601. The molecule has 8 heteroatoms. The number of H-pyrrole nitrogens is 1. The Kier molecular flexibility index (Phi) is 5.11. The second kappa shape index (κ2) is 7.45. The van der Waals surface area contributed by atoms with Gasteiger partial charge in [0, 0.05) is 18.2 Å². The average molecular weight is 345 g/mol. The molecule has 1 fully saturated rings. The number of aromatic nitrogens is 2. The molecule has 0 radical (unpaired) electrons. The Hall–Kier alpha value is -2.71. The van der Waals surface area contributed by atoms with Gasteiger partial charge in [-0.25, -0.2) is 4.79 Å². The molecule has 132 valence electrons. The maximum absolute atomic E-state index is 12.0. The van der Waals surface area contributed by atoms with Crippen molar-refractivity contribution in [2.75, 3.05) is 6.61 Å². The molecule has 1 aromatic heterocycles. The average Bonchev–Trinajstić information content (AvgIpc) is 3.02. The molecular weight excluding hydrogens is 326 g/mol. The van der Waals surface area contributed by atoms with Gasteiger partial charge in [0.05, 0.1) is 12.6 Å². The first-order valence-electron chi connectivity index (χ1n) is 7.90. The predicted molar refractivity (Wildman–Crippen MR) is 91.0 cm³/mol. The zero-order valence-corrected chi connectivity index (χ0v) is 13.7. The number of hydrogen-bond acceptors (Lipinski definition) is 6.